The molecule has 2 nitrogen and oxygen atoms in total. The van der Waals surface area contributed by atoms with Crippen LogP contribution in [0.1, 0.15) is 27.7 Å². The van der Waals surface area contributed by atoms with Crippen LogP contribution in [0.15, 0.2) is 0 Å². The van der Waals surface area contributed by atoms with Gasteiger partial charge in [0, 0.05) is 0 Å². The molecule has 0 aromatic rings. The van der Waals surface area contributed by atoms with Crippen LogP contribution in [-0.2, 0) is 4.74 Å². The Labute approximate surface area is 83.0 Å². The lowest BCUT2D eigenvalue weighted by molar-refractivity contribution is -0.358. The first kappa shape index (κ1) is 13.7. The van der Waals surface area contributed by atoms with Gasteiger partial charge in [-0.15, -0.1) is 0 Å². The minimum atomic E-state index is -3.36. The fraction of sp³-hybridized carbons (Fsp3) is 1.00. The van der Waals surface area contributed by atoms with Crippen molar-refractivity contribution < 1.29 is 17.9 Å². The summed E-state index contributed by atoms with van der Waals surface area (Å²) >= 11 is 0. The molecule has 0 spiro atoms. The summed E-state index contributed by atoms with van der Waals surface area (Å²) in [6.45, 7) is 6.50. The van der Waals surface area contributed by atoms with E-state index >= 15 is 0 Å². The third kappa shape index (κ3) is 4.28. The number of nitrogens with zero attached hydrogens (tertiary/aromatic N) is 1. The van der Waals surface area contributed by atoms with E-state index in [0.29, 0.717) is 6.54 Å². The first-order valence-electron chi connectivity index (χ1n) is 4.84. The molecule has 1 aliphatic heterocycles. The molecule has 0 N–H and O–H groups in total. The van der Waals surface area contributed by atoms with E-state index < -0.39 is 18.5 Å². The quantitative estimate of drug-likeness (QED) is 0.664. The zero-order chi connectivity index (χ0) is 11.4. The van der Waals surface area contributed by atoms with Gasteiger partial charge in [0.25, 0.3) is 0 Å². The van der Waals surface area contributed by atoms with Crippen molar-refractivity contribution in [2.45, 2.75) is 39.7 Å². The Kier molecular flexibility index (Phi) is 4.88. The van der Waals surface area contributed by atoms with Crippen molar-refractivity contribution in [1.82, 2.24) is 4.90 Å². The van der Waals surface area contributed by atoms with Crippen LogP contribution >= 0.6 is 0 Å². The van der Waals surface area contributed by atoms with Crippen molar-refractivity contribution in [3.63, 3.8) is 0 Å². The summed E-state index contributed by atoms with van der Waals surface area (Å²) in [6, 6.07) is 0. The van der Waals surface area contributed by atoms with Crippen LogP contribution in [0.25, 0.3) is 0 Å². The highest BCUT2D eigenvalue weighted by Crippen LogP contribution is 2.31. The number of ether oxygens (including phenoxy) is 1. The molecule has 0 aliphatic carbocycles. The van der Waals surface area contributed by atoms with Gasteiger partial charge in [-0.3, -0.25) is 9.64 Å². The molecule has 14 heavy (non-hydrogen) atoms. The van der Waals surface area contributed by atoms with Gasteiger partial charge in [-0.1, -0.05) is 20.8 Å². The summed E-state index contributed by atoms with van der Waals surface area (Å²) in [6.07, 6.45) is -3.36. The molecule has 0 bridgehead atoms. The number of likely N-dealkylation sites (N-methyl/N-ethyl adjacent to an activating group) is 1. The number of morpholine rings is 1. The number of hydrogen-bond donors (Lipinski definition) is 0. The summed E-state index contributed by atoms with van der Waals surface area (Å²) in [5.74, 6) is -2.24. The zero-order valence-corrected chi connectivity index (χ0v) is 9.11. The van der Waals surface area contributed by atoms with E-state index in [9.17, 15) is 13.2 Å². The molecule has 1 rings (SSSR count). The lowest BCUT2D eigenvalue weighted by Gasteiger charge is -2.38. The van der Waals surface area contributed by atoms with Crippen molar-refractivity contribution in [3.8, 4) is 0 Å². The van der Waals surface area contributed by atoms with Crippen LogP contribution in [0.4, 0.5) is 13.2 Å². The Balaban J connectivity index is 0.000000791. The maximum Gasteiger partial charge on any atom is 0.371 e. The smallest absolute Gasteiger partial charge is 0.290 e. The van der Waals surface area contributed by atoms with E-state index in [2.05, 4.69) is 4.74 Å². The molecule has 1 fully saturated rings. The molecular weight excluding hydrogens is 195 g/mol. The maximum absolute atomic E-state index is 13.1. The molecular formula is C9H18F3NO. The van der Waals surface area contributed by atoms with Gasteiger partial charge in [0.1, 0.15) is 0 Å². The van der Waals surface area contributed by atoms with Crippen molar-refractivity contribution >= 4 is 0 Å². The number of rotatable bonds is 1. The van der Waals surface area contributed by atoms with Crippen molar-refractivity contribution in [2.75, 3.05) is 19.6 Å². The second-order valence-corrected chi connectivity index (χ2v) is 3.14. The Bertz CT molecular complexity index is 157. The summed E-state index contributed by atoms with van der Waals surface area (Å²) in [5.41, 5.74) is 0. The molecule has 1 heterocycles. The summed E-state index contributed by atoms with van der Waals surface area (Å²) in [5, 5.41) is 0. The van der Waals surface area contributed by atoms with Crippen LogP contribution < -0.4 is 0 Å². The normalized spacial score (nSPS) is 31.9. The molecule has 1 saturated heterocycles. The van der Waals surface area contributed by atoms with Crippen LogP contribution in [-0.4, -0.2) is 36.5 Å². The van der Waals surface area contributed by atoms with Crippen LogP contribution in [0.5, 0.6) is 0 Å². The van der Waals surface area contributed by atoms with Gasteiger partial charge in [0.2, 0.25) is 5.85 Å². The number of alkyl halides is 3. The third-order valence-electron chi connectivity index (χ3n) is 1.72. The molecule has 0 saturated carbocycles. The average molecular weight is 213 g/mol. The summed E-state index contributed by atoms with van der Waals surface area (Å²) < 4.78 is 42.3. The molecule has 1 atom stereocenters. The molecule has 86 valence electrons. The molecule has 0 aromatic heterocycles. The van der Waals surface area contributed by atoms with E-state index in [-0.39, 0.29) is 6.54 Å². The standard InChI is InChI=1S/C7H12F3NO.C2H6/c1-3-11-4-6(2,8)12-7(9,10)5-11;1-2/h3-5H2,1-2H3;1-2H3. The average Bonchev–Trinajstić information content (AvgIpc) is 2.02. The fourth-order valence-corrected chi connectivity index (χ4v) is 1.32. The SMILES string of the molecule is CC.CCN1CC(C)(F)OC(F)(F)C1. The van der Waals surface area contributed by atoms with E-state index in [4.69, 9.17) is 0 Å². The van der Waals surface area contributed by atoms with E-state index in [1.807, 2.05) is 13.8 Å². The Morgan fingerprint density at radius 2 is 1.71 bits per heavy atom. The van der Waals surface area contributed by atoms with Gasteiger partial charge < -0.3 is 0 Å². The third-order valence-corrected chi connectivity index (χ3v) is 1.72. The van der Waals surface area contributed by atoms with Gasteiger partial charge in [0.05, 0.1) is 13.1 Å². The van der Waals surface area contributed by atoms with Crippen LogP contribution in [0, 0.1) is 0 Å². The maximum atomic E-state index is 13.1. The van der Waals surface area contributed by atoms with Gasteiger partial charge in [-0.2, -0.15) is 8.78 Å². The highest BCUT2D eigenvalue weighted by atomic mass is 19.3. The van der Waals surface area contributed by atoms with E-state index in [0.717, 1.165) is 6.92 Å². The number of hydrogen-bond acceptors (Lipinski definition) is 2. The monoisotopic (exact) mass is 213 g/mol. The Hall–Kier alpha value is -0.290. The van der Waals surface area contributed by atoms with Gasteiger partial charge in [-0.05, 0) is 13.5 Å². The van der Waals surface area contributed by atoms with E-state index in [1.165, 1.54) is 4.90 Å². The van der Waals surface area contributed by atoms with Gasteiger partial charge >= 0.3 is 6.11 Å². The van der Waals surface area contributed by atoms with Crippen molar-refractivity contribution in [2.24, 2.45) is 0 Å². The fourth-order valence-electron chi connectivity index (χ4n) is 1.32. The Morgan fingerprint density at radius 3 is 2.07 bits per heavy atom. The van der Waals surface area contributed by atoms with Gasteiger partial charge in [0.15, 0.2) is 0 Å². The number of halogens is 3. The first-order chi connectivity index (χ1) is 6.35. The molecule has 5 heteroatoms. The van der Waals surface area contributed by atoms with Crippen molar-refractivity contribution in [1.29, 1.82) is 0 Å². The lowest BCUT2D eigenvalue weighted by Crippen LogP contribution is -2.55. The highest BCUT2D eigenvalue weighted by Gasteiger charge is 2.47. The molecule has 0 radical (unpaired) electrons. The minimum absolute atomic E-state index is 0.0981. The second-order valence-electron chi connectivity index (χ2n) is 3.14. The predicted octanol–water partition coefficient (Wildman–Crippen LogP) is 2.64. The van der Waals surface area contributed by atoms with Crippen molar-refractivity contribution in [3.05, 3.63) is 0 Å². The second kappa shape index (κ2) is 4.98. The molecule has 0 amide bonds. The molecule has 1 aliphatic rings. The minimum Gasteiger partial charge on any atom is -0.290 e. The predicted molar refractivity (Wildman–Crippen MR) is 49.0 cm³/mol. The molecule has 0 aromatic carbocycles. The van der Waals surface area contributed by atoms with Crippen LogP contribution in [0.3, 0.4) is 0 Å². The van der Waals surface area contributed by atoms with Gasteiger partial charge in [-0.25, -0.2) is 4.39 Å². The van der Waals surface area contributed by atoms with E-state index in [1.54, 1.807) is 6.92 Å². The summed E-state index contributed by atoms with van der Waals surface area (Å²) in [7, 11) is 0. The highest BCUT2D eigenvalue weighted by molar-refractivity contribution is 4.78. The Morgan fingerprint density at radius 1 is 1.21 bits per heavy atom. The van der Waals surface area contributed by atoms with Crippen LogP contribution in [0.2, 0.25) is 0 Å². The lowest BCUT2D eigenvalue weighted by atomic mass is 10.2. The topological polar surface area (TPSA) is 12.5 Å². The zero-order valence-electron chi connectivity index (χ0n) is 9.11. The summed E-state index contributed by atoms with van der Waals surface area (Å²) in [4.78, 5) is 1.32. The molecule has 1 unspecified atom stereocenters. The largest absolute Gasteiger partial charge is 0.371 e. The first-order valence-corrected chi connectivity index (χ1v) is 4.84.